The lowest BCUT2D eigenvalue weighted by Crippen LogP contribution is -2.01. The molecule has 0 spiro atoms. The van der Waals surface area contributed by atoms with E-state index in [2.05, 4.69) is 193 Å². The minimum atomic E-state index is 0.635. The van der Waals surface area contributed by atoms with E-state index in [-0.39, 0.29) is 0 Å². The molecule has 2 heterocycles. The SMILES string of the molecule is c1ccc(-c2nc(-c3ccc(-c4ccc(-c5ccc(-c6ccc(-n7c8ccccc8c8ccccc87)cc6)cc5)cc4)cc3)nc(-c3ccccc3-c3ccccc3)n2)cc1. The molecule has 4 heteroatoms. The van der Waals surface area contributed by atoms with E-state index in [0.29, 0.717) is 17.5 Å². The summed E-state index contributed by atoms with van der Waals surface area (Å²) in [6.07, 6.45) is 0. The van der Waals surface area contributed by atoms with Gasteiger partial charge in [0.1, 0.15) is 0 Å². The fraction of sp³-hybridized carbons (Fsp3) is 0. The van der Waals surface area contributed by atoms with Crippen molar-refractivity contribution in [1.29, 1.82) is 0 Å². The summed E-state index contributed by atoms with van der Waals surface area (Å²) >= 11 is 0. The van der Waals surface area contributed by atoms with Crippen molar-refractivity contribution < 1.29 is 0 Å². The van der Waals surface area contributed by atoms with E-state index in [0.717, 1.165) is 44.6 Å². The Morgan fingerprint density at radius 3 is 1.03 bits per heavy atom. The average Bonchev–Trinajstić information content (AvgIpc) is 3.69. The van der Waals surface area contributed by atoms with Crippen LogP contribution in [0.1, 0.15) is 0 Å². The first kappa shape index (κ1) is 35.9. The monoisotopic (exact) mass is 778 g/mol. The fourth-order valence-electron chi connectivity index (χ4n) is 8.42. The molecule has 0 aliphatic rings. The maximum absolute atomic E-state index is 5.07. The van der Waals surface area contributed by atoms with Crippen LogP contribution in [0.5, 0.6) is 0 Å². The molecule has 0 aliphatic carbocycles. The highest BCUT2D eigenvalue weighted by atomic mass is 15.0. The summed E-state index contributed by atoms with van der Waals surface area (Å²) in [6.45, 7) is 0. The molecule has 286 valence electrons. The highest BCUT2D eigenvalue weighted by Gasteiger charge is 2.16. The maximum Gasteiger partial charge on any atom is 0.164 e. The Morgan fingerprint density at radius 1 is 0.230 bits per heavy atom. The molecule has 0 aliphatic heterocycles. The number of fused-ring (bicyclic) bond motifs is 3. The van der Waals surface area contributed by atoms with Crippen molar-refractivity contribution >= 4 is 21.8 Å². The normalized spacial score (nSPS) is 11.3. The molecule has 0 N–H and O–H groups in total. The zero-order chi connectivity index (χ0) is 40.5. The number of benzene rings is 9. The maximum atomic E-state index is 5.07. The highest BCUT2D eigenvalue weighted by Crippen LogP contribution is 2.35. The zero-order valence-corrected chi connectivity index (χ0v) is 33.2. The first-order valence-electron chi connectivity index (χ1n) is 20.6. The second kappa shape index (κ2) is 15.5. The third-order valence-corrected chi connectivity index (χ3v) is 11.5. The van der Waals surface area contributed by atoms with Crippen LogP contribution in [0.4, 0.5) is 0 Å². The van der Waals surface area contributed by atoms with Gasteiger partial charge in [0, 0.05) is 33.2 Å². The predicted molar refractivity (Wildman–Crippen MR) is 252 cm³/mol. The van der Waals surface area contributed by atoms with Crippen LogP contribution in [0, 0.1) is 0 Å². The molecule has 2 aromatic heterocycles. The Bertz CT molecular complexity index is 3250. The van der Waals surface area contributed by atoms with Gasteiger partial charge in [0.05, 0.1) is 11.0 Å². The fourth-order valence-corrected chi connectivity index (χ4v) is 8.42. The van der Waals surface area contributed by atoms with Crippen LogP contribution in [0.3, 0.4) is 0 Å². The van der Waals surface area contributed by atoms with Crippen molar-refractivity contribution in [3.05, 3.63) is 231 Å². The summed E-state index contributed by atoms with van der Waals surface area (Å²) in [4.78, 5) is 15.1. The Kier molecular flexibility index (Phi) is 9.14. The molecule has 0 atom stereocenters. The number of rotatable bonds is 8. The molecule has 4 nitrogen and oxygen atoms in total. The minimum absolute atomic E-state index is 0.635. The molecule has 0 saturated heterocycles. The van der Waals surface area contributed by atoms with E-state index in [4.69, 9.17) is 15.0 Å². The van der Waals surface area contributed by atoms with Gasteiger partial charge in [0.2, 0.25) is 0 Å². The molecule has 0 fully saturated rings. The van der Waals surface area contributed by atoms with Gasteiger partial charge in [0.25, 0.3) is 0 Å². The van der Waals surface area contributed by atoms with Gasteiger partial charge in [-0.15, -0.1) is 0 Å². The molecular formula is C57H38N4. The molecular weight excluding hydrogens is 741 g/mol. The molecule has 0 radical (unpaired) electrons. The van der Waals surface area contributed by atoms with E-state index in [9.17, 15) is 0 Å². The van der Waals surface area contributed by atoms with Crippen LogP contribution < -0.4 is 0 Å². The van der Waals surface area contributed by atoms with Gasteiger partial charge in [-0.3, -0.25) is 0 Å². The number of hydrogen-bond acceptors (Lipinski definition) is 3. The molecule has 9 aromatic carbocycles. The van der Waals surface area contributed by atoms with E-state index in [1.54, 1.807) is 0 Å². The lowest BCUT2D eigenvalue weighted by molar-refractivity contribution is 1.07. The van der Waals surface area contributed by atoms with Crippen molar-refractivity contribution in [2.75, 3.05) is 0 Å². The third kappa shape index (κ3) is 6.86. The van der Waals surface area contributed by atoms with Crippen molar-refractivity contribution in [2.24, 2.45) is 0 Å². The van der Waals surface area contributed by atoms with Crippen molar-refractivity contribution in [2.45, 2.75) is 0 Å². The second-order valence-corrected chi connectivity index (χ2v) is 15.2. The summed E-state index contributed by atoms with van der Waals surface area (Å²) in [7, 11) is 0. The van der Waals surface area contributed by atoms with E-state index < -0.39 is 0 Å². The summed E-state index contributed by atoms with van der Waals surface area (Å²) in [5.41, 5.74) is 15.6. The summed E-state index contributed by atoms with van der Waals surface area (Å²) in [5, 5.41) is 2.54. The van der Waals surface area contributed by atoms with Gasteiger partial charge in [-0.05, 0) is 68.8 Å². The van der Waals surface area contributed by atoms with Gasteiger partial charge in [0.15, 0.2) is 17.5 Å². The molecule has 11 rings (SSSR count). The average molecular weight is 779 g/mol. The highest BCUT2D eigenvalue weighted by molar-refractivity contribution is 6.09. The van der Waals surface area contributed by atoms with Crippen LogP contribution in [0.15, 0.2) is 231 Å². The Morgan fingerprint density at radius 2 is 0.557 bits per heavy atom. The van der Waals surface area contributed by atoms with E-state index >= 15 is 0 Å². The molecule has 0 saturated carbocycles. The number of hydrogen-bond donors (Lipinski definition) is 0. The van der Waals surface area contributed by atoms with Crippen LogP contribution in [0.2, 0.25) is 0 Å². The van der Waals surface area contributed by atoms with Crippen molar-refractivity contribution in [1.82, 2.24) is 19.5 Å². The topological polar surface area (TPSA) is 43.6 Å². The number of para-hydroxylation sites is 2. The molecule has 61 heavy (non-hydrogen) atoms. The lowest BCUT2D eigenvalue weighted by Gasteiger charge is -2.12. The van der Waals surface area contributed by atoms with Crippen LogP contribution in [-0.4, -0.2) is 19.5 Å². The molecule has 0 unspecified atom stereocenters. The van der Waals surface area contributed by atoms with Crippen LogP contribution in [0.25, 0.3) is 106 Å². The zero-order valence-electron chi connectivity index (χ0n) is 33.2. The standard InChI is InChI=1S/C57H38N4/c1-3-13-45(14-4-1)49-17-7-8-20-52(49)57-59-55(46-15-5-2-6-16-46)58-56(60-57)47-33-31-43(32-34-47)41-25-23-39(24-26-41)40-27-29-42(30-28-40)44-35-37-48(38-36-44)61-53-21-11-9-18-50(53)51-19-10-12-22-54(51)61/h1-38H. The summed E-state index contributed by atoms with van der Waals surface area (Å²) in [6, 6.07) is 81.1. The summed E-state index contributed by atoms with van der Waals surface area (Å²) in [5.74, 6) is 1.92. The van der Waals surface area contributed by atoms with E-state index in [1.165, 1.54) is 44.1 Å². The quantitative estimate of drug-likeness (QED) is 0.154. The van der Waals surface area contributed by atoms with Crippen LogP contribution in [-0.2, 0) is 0 Å². The van der Waals surface area contributed by atoms with Gasteiger partial charge < -0.3 is 4.57 Å². The van der Waals surface area contributed by atoms with Gasteiger partial charge in [-0.1, -0.05) is 206 Å². The lowest BCUT2D eigenvalue weighted by atomic mass is 9.97. The number of nitrogens with zero attached hydrogens (tertiary/aromatic N) is 4. The Labute approximate surface area is 354 Å². The first-order chi connectivity index (χ1) is 30.2. The molecule has 0 bridgehead atoms. The molecule has 0 amide bonds. The smallest absolute Gasteiger partial charge is 0.164 e. The van der Waals surface area contributed by atoms with Gasteiger partial charge >= 0.3 is 0 Å². The number of aromatic nitrogens is 4. The first-order valence-corrected chi connectivity index (χ1v) is 20.6. The minimum Gasteiger partial charge on any atom is -0.309 e. The third-order valence-electron chi connectivity index (χ3n) is 11.5. The molecule has 11 aromatic rings. The van der Waals surface area contributed by atoms with E-state index in [1.807, 2.05) is 42.5 Å². The largest absolute Gasteiger partial charge is 0.309 e. The Balaban J connectivity index is 0.839. The Hall–Kier alpha value is -8.21. The van der Waals surface area contributed by atoms with Crippen molar-refractivity contribution in [3.8, 4) is 84.4 Å². The summed E-state index contributed by atoms with van der Waals surface area (Å²) < 4.78 is 2.36. The van der Waals surface area contributed by atoms with Gasteiger partial charge in [-0.2, -0.15) is 0 Å². The van der Waals surface area contributed by atoms with Crippen LogP contribution >= 0.6 is 0 Å². The van der Waals surface area contributed by atoms with Crippen molar-refractivity contribution in [3.63, 3.8) is 0 Å². The van der Waals surface area contributed by atoms with Gasteiger partial charge in [-0.25, -0.2) is 15.0 Å². The predicted octanol–water partition coefficient (Wildman–Crippen LogP) is 14.6. The second-order valence-electron chi connectivity index (χ2n) is 15.2.